The molecule has 2 rings (SSSR count). The Morgan fingerprint density at radius 2 is 1.94 bits per heavy atom. The van der Waals surface area contributed by atoms with Gasteiger partial charge in [-0.25, -0.2) is 0 Å². The molecule has 1 heterocycles. The van der Waals surface area contributed by atoms with Crippen molar-refractivity contribution in [3.8, 4) is 0 Å². The summed E-state index contributed by atoms with van der Waals surface area (Å²) in [5, 5.41) is 3.56. The van der Waals surface area contributed by atoms with Gasteiger partial charge in [-0.2, -0.15) is 0 Å². The highest BCUT2D eigenvalue weighted by Gasteiger charge is 2.24. The van der Waals surface area contributed by atoms with Gasteiger partial charge in [-0.3, -0.25) is 0 Å². The van der Waals surface area contributed by atoms with Crippen molar-refractivity contribution in [2.45, 2.75) is 38.8 Å². The monoisotopic (exact) mass is 219 g/mol. The lowest BCUT2D eigenvalue weighted by molar-refractivity contribution is 0.0656. The highest BCUT2D eigenvalue weighted by molar-refractivity contribution is 5.23. The van der Waals surface area contributed by atoms with Crippen LogP contribution < -0.4 is 5.32 Å². The Morgan fingerprint density at radius 3 is 2.62 bits per heavy atom. The molecule has 1 N–H and O–H groups in total. The Balaban J connectivity index is 2.08. The summed E-state index contributed by atoms with van der Waals surface area (Å²) in [6, 6.07) is 8.63. The molecule has 0 bridgehead atoms. The van der Waals surface area contributed by atoms with E-state index in [1.807, 2.05) is 0 Å². The summed E-state index contributed by atoms with van der Waals surface area (Å²) in [7, 11) is 0. The van der Waals surface area contributed by atoms with Crippen molar-refractivity contribution < 1.29 is 4.74 Å². The molecule has 1 fully saturated rings. The first-order chi connectivity index (χ1) is 7.57. The molecular formula is C14H21NO. The average molecular weight is 219 g/mol. The molecule has 0 amide bonds. The molecule has 1 aliphatic rings. The van der Waals surface area contributed by atoms with Crippen molar-refractivity contribution in [1.82, 2.24) is 5.32 Å². The predicted molar refractivity (Wildman–Crippen MR) is 66.6 cm³/mol. The van der Waals surface area contributed by atoms with Crippen molar-refractivity contribution >= 4 is 0 Å². The molecule has 0 saturated carbocycles. The first-order valence-corrected chi connectivity index (χ1v) is 6.00. The van der Waals surface area contributed by atoms with Gasteiger partial charge in [-0.15, -0.1) is 0 Å². The highest BCUT2D eigenvalue weighted by Crippen LogP contribution is 2.23. The third-order valence-corrected chi connectivity index (χ3v) is 3.26. The average Bonchev–Trinajstić information content (AvgIpc) is 2.41. The van der Waals surface area contributed by atoms with Gasteiger partial charge in [0, 0.05) is 18.7 Å². The fraction of sp³-hybridized carbons (Fsp3) is 0.571. The van der Waals surface area contributed by atoms with Crippen LogP contribution in [0.25, 0.3) is 0 Å². The highest BCUT2D eigenvalue weighted by atomic mass is 16.5. The Labute approximate surface area is 98.0 Å². The summed E-state index contributed by atoms with van der Waals surface area (Å²) in [5.41, 5.74) is 2.76. The molecule has 0 aromatic heterocycles. The molecule has 1 unspecified atom stereocenters. The summed E-state index contributed by atoms with van der Waals surface area (Å²) < 4.78 is 5.90. The lowest BCUT2D eigenvalue weighted by Crippen LogP contribution is -2.39. The van der Waals surface area contributed by atoms with Gasteiger partial charge in [0.1, 0.15) is 0 Å². The molecule has 1 saturated heterocycles. The van der Waals surface area contributed by atoms with Gasteiger partial charge in [0.25, 0.3) is 0 Å². The fourth-order valence-electron chi connectivity index (χ4n) is 1.97. The van der Waals surface area contributed by atoms with E-state index in [2.05, 4.69) is 50.4 Å². The second kappa shape index (κ2) is 4.56. The van der Waals surface area contributed by atoms with E-state index in [4.69, 9.17) is 4.74 Å². The first kappa shape index (κ1) is 11.6. The topological polar surface area (TPSA) is 21.3 Å². The van der Waals surface area contributed by atoms with E-state index in [0.29, 0.717) is 0 Å². The Morgan fingerprint density at radius 1 is 1.25 bits per heavy atom. The Hall–Kier alpha value is -0.860. The number of hydrogen-bond acceptors (Lipinski definition) is 2. The summed E-state index contributed by atoms with van der Waals surface area (Å²) in [5.74, 6) is 0. The van der Waals surface area contributed by atoms with Gasteiger partial charge >= 0.3 is 0 Å². The molecule has 1 atom stereocenters. The number of aryl methyl sites for hydroxylation is 1. The largest absolute Gasteiger partial charge is 0.372 e. The van der Waals surface area contributed by atoms with Crippen LogP contribution in [0, 0.1) is 6.92 Å². The standard InChI is InChI=1S/C14H21NO/c1-11-4-6-12(7-5-11)13-10-15-14(2,3)8-9-16-13/h4-7,13,15H,8-10H2,1-3H3. The smallest absolute Gasteiger partial charge is 0.0949 e. The lowest BCUT2D eigenvalue weighted by Gasteiger charge is -2.23. The summed E-state index contributed by atoms with van der Waals surface area (Å²) in [6.45, 7) is 8.30. The van der Waals surface area contributed by atoms with Crippen LogP contribution in [-0.4, -0.2) is 18.7 Å². The van der Waals surface area contributed by atoms with E-state index in [-0.39, 0.29) is 11.6 Å². The Kier molecular flexibility index (Phi) is 3.31. The maximum absolute atomic E-state index is 5.90. The predicted octanol–water partition coefficient (Wildman–Crippen LogP) is 2.82. The van der Waals surface area contributed by atoms with E-state index in [1.165, 1.54) is 11.1 Å². The van der Waals surface area contributed by atoms with Crippen LogP contribution in [0.15, 0.2) is 24.3 Å². The molecule has 0 spiro atoms. The minimum absolute atomic E-state index is 0.194. The third kappa shape index (κ3) is 2.83. The van der Waals surface area contributed by atoms with Crippen LogP contribution in [-0.2, 0) is 4.74 Å². The number of benzene rings is 1. The van der Waals surface area contributed by atoms with Crippen LogP contribution >= 0.6 is 0 Å². The van der Waals surface area contributed by atoms with Crippen molar-refractivity contribution in [2.24, 2.45) is 0 Å². The molecule has 1 aromatic rings. The lowest BCUT2D eigenvalue weighted by atomic mass is 10.0. The minimum Gasteiger partial charge on any atom is -0.372 e. The third-order valence-electron chi connectivity index (χ3n) is 3.26. The van der Waals surface area contributed by atoms with Gasteiger partial charge in [-0.1, -0.05) is 29.8 Å². The number of rotatable bonds is 1. The quantitative estimate of drug-likeness (QED) is 0.784. The van der Waals surface area contributed by atoms with Crippen LogP contribution in [0.2, 0.25) is 0 Å². The second-order valence-corrected chi connectivity index (χ2v) is 5.28. The minimum atomic E-state index is 0.194. The zero-order chi connectivity index (χ0) is 11.6. The SMILES string of the molecule is Cc1ccc(C2CNC(C)(C)CCO2)cc1. The molecule has 1 aliphatic heterocycles. The fourth-order valence-corrected chi connectivity index (χ4v) is 1.97. The molecular weight excluding hydrogens is 198 g/mol. The van der Waals surface area contributed by atoms with Crippen molar-refractivity contribution in [3.63, 3.8) is 0 Å². The van der Waals surface area contributed by atoms with Crippen molar-refractivity contribution in [2.75, 3.05) is 13.2 Å². The van der Waals surface area contributed by atoms with Gasteiger partial charge < -0.3 is 10.1 Å². The van der Waals surface area contributed by atoms with E-state index >= 15 is 0 Å². The molecule has 0 aliphatic carbocycles. The van der Waals surface area contributed by atoms with E-state index in [1.54, 1.807) is 0 Å². The van der Waals surface area contributed by atoms with Crippen LogP contribution in [0.4, 0.5) is 0 Å². The maximum Gasteiger partial charge on any atom is 0.0949 e. The normalized spacial score (nSPS) is 25.1. The maximum atomic E-state index is 5.90. The van der Waals surface area contributed by atoms with E-state index in [9.17, 15) is 0 Å². The number of nitrogens with one attached hydrogen (secondary N) is 1. The van der Waals surface area contributed by atoms with Crippen LogP contribution in [0.3, 0.4) is 0 Å². The number of hydrogen-bond donors (Lipinski definition) is 1. The second-order valence-electron chi connectivity index (χ2n) is 5.28. The van der Waals surface area contributed by atoms with E-state index < -0.39 is 0 Å². The summed E-state index contributed by atoms with van der Waals surface area (Å²) in [4.78, 5) is 0. The molecule has 0 radical (unpaired) electrons. The van der Waals surface area contributed by atoms with Gasteiger partial charge in [0.15, 0.2) is 0 Å². The first-order valence-electron chi connectivity index (χ1n) is 6.00. The van der Waals surface area contributed by atoms with Gasteiger partial charge in [0.05, 0.1) is 6.10 Å². The summed E-state index contributed by atoms with van der Waals surface area (Å²) >= 11 is 0. The van der Waals surface area contributed by atoms with Crippen LogP contribution in [0.5, 0.6) is 0 Å². The zero-order valence-corrected chi connectivity index (χ0v) is 10.4. The van der Waals surface area contributed by atoms with Gasteiger partial charge in [-0.05, 0) is 32.8 Å². The van der Waals surface area contributed by atoms with Crippen molar-refractivity contribution in [3.05, 3.63) is 35.4 Å². The molecule has 88 valence electrons. The zero-order valence-electron chi connectivity index (χ0n) is 10.4. The molecule has 2 nitrogen and oxygen atoms in total. The molecule has 16 heavy (non-hydrogen) atoms. The summed E-state index contributed by atoms with van der Waals surface area (Å²) in [6.07, 6.45) is 1.26. The Bertz CT molecular complexity index is 342. The van der Waals surface area contributed by atoms with Gasteiger partial charge in [0.2, 0.25) is 0 Å². The van der Waals surface area contributed by atoms with Crippen molar-refractivity contribution in [1.29, 1.82) is 0 Å². The molecule has 2 heteroatoms. The molecule has 1 aromatic carbocycles. The van der Waals surface area contributed by atoms with Crippen LogP contribution in [0.1, 0.15) is 37.5 Å². The van der Waals surface area contributed by atoms with E-state index in [0.717, 1.165) is 19.6 Å². The number of ether oxygens (including phenoxy) is 1.